The molecule has 1 amide bonds. The molecule has 1 aromatic carbocycles. The molecule has 32 heavy (non-hydrogen) atoms. The van der Waals surface area contributed by atoms with Crippen molar-refractivity contribution in [2.45, 2.75) is 90.0 Å². The van der Waals surface area contributed by atoms with Crippen molar-refractivity contribution >= 4 is 29.7 Å². The fourth-order valence-corrected chi connectivity index (χ4v) is 5.43. The number of aromatic amines is 1. The largest absolute Gasteiger partial charge is 0.494 e. The molecule has 0 spiro atoms. The monoisotopic (exact) mass is 439 g/mol. The smallest absolute Gasteiger partial charge is 0.444 e. The number of carbonyl (C=O) groups excluding carboxylic acids is 1. The summed E-state index contributed by atoms with van der Waals surface area (Å²) in [6.07, 6.45) is 5.30. The van der Waals surface area contributed by atoms with Crippen LogP contribution in [0, 0.1) is 5.92 Å². The molecule has 0 radical (unpaired) electrons. The lowest BCUT2D eigenvalue weighted by molar-refractivity contribution is 0.00953. The van der Waals surface area contributed by atoms with Crippen LogP contribution in [-0.4, -0.2) is 51.9 Å². The number of nitrogens with one attached hydrogen (secondary N) is 1. The van der Waals surface area contributed by atoms with Gasteiger partial charge in [-0.05, 0) is 77.4 Å². The number of hydrogen-bond donors (Lipinski definition) is 1. The first-order chi connectivity index (χ1) is 15.1. The van der Waals surface area contributed by atoms with Crippen molar-refractivity contribution in [3.63, 3.8) is 0 Å². The third-order valence-corrected chi connectivity index (χ3v) is 6.81. The van der Waals surface area contributed by atoms with E-state index in [1.807, 2.05) is 51.7 Å². The van der Waals surface area contributed by atoms with Crippen molar-refractivity contribution in [2.75, 3.05) is 6.61 Å². The lowest BCUT2D eigenvalue weighted by atomic mass is 9.79. The van der Waals surface area contributed by atoms with Crippen LogP contribution in [0.4, 0.5) is 4.79 Å². The Morgan fingerprint density at radius 1 is 1.28 bits per heavy atom. The summed E-state index contributed by atoms with van der Waals surface area (Å²) >= 11 is 0. The molecule has 0 unspecified atom stereocenters. The third kappa shape index (κ3) is 4.15. The second-order valence-corrected chi connectivity index (χ2v) is 11.2. The highest BCUT2D eigenvalue weighted by molar-refractivity contribution is 6.62. The molecule has 2 saturated heterocycles. The number of hydrogen-bond acceptors (Lipinski definition) is 5. The van der Waals surface area contributed by atoms with E-state index in [0.29, 0.717) is 12.5 Å². The fraction of sp³-hybridized carbons (Fsp3) is 0.667. The Morgan fingerprint density at radius 2 is 2.06 bits per heavy atom. The van der Waals surface area contributed by atoms with Gasteiger partial charge in [0.2, 0.25) is 0 Å². The zero-order valence-corrected chi connectivity index (χ0v) is 19.8. The minimum Gasteiger partial charge on any atom is -0.444 e. The average molecular weight is 439 g/mol. The minimum atomic E-state index is -0.522. The molecule has 172 valence electrons. The van der Waals surface area contributed by atoms with Crippen molar-refractivity contribution in [1.82, 2.24) is 14.9 Å². The van der Waals surface area contributed by atoms with Gasteiger partial charge in [-0.2, -0.15) is 0 Å². The van der Waals surface area contributed by atoms with Gasteiger partial charge in [-0.15, -0.1) is 0 Å². The van der Waals surface area contributed by atoms with Gasteiger partial charge in [0.25, 0.3) is 0 Å². The van der Waals surface area contributed by atoms with E-state index >= 15 is 0 Å². The highest BCUT2D eigenvalue weighted by Crippen LogP contribution is 2.46. The second kappa shape index (κ2) is 7.77. The van der Waals surface area contributed by atoms with E-state index in [9.17, 15) is 4.79 Å². The Morgan fingerprint density at radius 3 is 2.78 bits per heavy atom. The summed E-state index contributed by atoms with van der Waals surface area (Å²) in [5.41, 5.74) is 2.00. The van der Waals surface area contributed by atoms with E-state index in [1.54, 1.807) is 0 Å². The van der Waals surface area contributed by atoms with Gasteiger partial charge in [0.15, 0.2) is 0 Å². The van der Waals surface area contributed by atoms with Crippen LogP contribution in [0.5, 0.6) is 0 Å². The number of fused-ring (bicyclic) bond motifs is 2. The van der Waals surface area contributed by atoms with E-state index in [-0.39, 0.29) is 30.9 Å². The summed E-state index contributed by atoms with van der Waals surface area (Å²) < 4.78 is 17.7. The second-order valence-electron chi connectivity index (χ2n) is 11.2. The molecule has 3 heterocycles. The number of nitrogens with zero attached hydrogens (tertiary/aromatic N) is 2. The zero-order valence-electron chi connectivity index (χ0n) is 19.8. The van der Waals surface area contributed by atoms with Gasteiger partial charge in [-0.25, -0.2) is 9.78 Å². The van der Waals surface area contributed by atoms with Crippen molar-refractivity contribution in [2.24, 2.45) is 5.92 Å². The summed E-state index contributed by atoms with van der Waals surface area (Å²) in [7, 11) is -0.367. The molecular formula is C24H34BN3O4. The zero-order chi connectivity index (χ0) is 22.7. The summed E-state index contributed by atoms with van der Waals surface area (Å²) in [5, 5.41) is 0. The van der Waals surface area contributed by atoms with Crippen LogP contribution in [0.1, 0.15) is 78.6 Å². The van der Waals surface area contributed by atoms with Crippen molar-refractivity contribution < 1.29 is 18.8 Å². The molecule has 1 saturated carbocycles. The van der Waals surface area contributed by atoms with Crippen LogP contribution in [-0.2, 0) is 14.0 Å². The lowest BCUT2D eigenvalue weighted by Crippen LogP contribution is -2.43. The molecule has 2 aromatic rings. The first-order valence-electron chi connectivity index (χ1n) is 11.9. The van der Waals surface area contributed by atoms with E-state index in [0.717, 1.165) is 48.0 Å². The normalized spacial score (nSPS) is 27.7. The van der Waals surface area contributed by atoms with Crippen LogP contribution in [0.3, 0.4) is 0 Å². The molecule has 1 aliphatic carbocycles. The first-order valence-corrected chi connectivity index (χ1v) is 11.9. The molecule has 7 nitrogen and oxygen atoms in total. The number of H-pyrrole nitrogens is 1. The summed E-state index contributed by atoms with van der Waals surface area (Å²) in [5.74, 6) is 1.35. The predicted molar refractivity (Wildman–Crippen MR) is 124 cm³/mol. The number of amides is 1. The van der Waals surface area contributed by atoms with Crippen LogP contribution >= 0.6 is 0 Å². The minimum absolute atomic E-state index is 0.0910. The number of aromatic nitrogens is 2. The van der Waals surface area contributed by atoms with Crippen molar-refractivity contribution in [1.29, 1.82) is 0 Å². The maximum atomic E-state index is 13.2. The molecular weight excluding hydrogens is 405 g/mol. The first kappa shape index (κ1) is 21.8. The summed E-state index contributed by atoms with van der Waals surface area (Å²) in [4.78, 5) is 23.6. The Hall–Kier alpha value is -2.06. The molecule has 3 fully saturated rings. The Kier molecular flexibility index (Phi) is 5.29. The van der Waals surface area contributed by atoms with Crippen LogP contribution < -0.4 is 5.46 Å². The number of imidazole rings is 1. The van der Waals surface area contributed by atoms with E-state index in [4.69, 9.17) is 19.0 Å². The molecule has 1 N–H and O–H groups in total. The van der Waals surface area contributed by atoms with Gasteiger partial charge in [-0.3, -0.25) is 4.90 Å². The molecule has 2 aliphatic heterocycles. The molecule has 3 aliphatic rings. The van der Waals surface area contributed by atoms with Gasteiger partial charge in [-0.1, -0.05) is 18.9 Å². The highest BCUT2D eigenvalue weighted by Gasteiger charge is 2.47. The predicted octanol–water partition coefficient (Wildman–Crippen LogP) is 4.32. The van der Waals surface area contributed by atoms with Gasteiger partial charge in [0.05, 0.1) is 29.3 Å². The van der Waals surface area contributed by atoms with E-state index < -0.39 is 5.60 Å². The Balaban J connectivity index is 1.45. The van der Waals surface area contributed by atoms with Gasteiger partial charge < -0.3 is 19.0 Å². The van der Waals surface area contributed by atoms with Gasteiger partial charge in [0.1, 0.15) is 11.4 Å². The third-order valence-electron chi connectivity index (χ3n) is 6.81. The Bertz CT molecular complexity index is 1010. The van der Waals surface area contributed by atoms with Crippen LogP contribution in [0.2, 0.25) is 0 Å². The van der Waals surface area contributed by atoms with Crippen LogP contribution in [0.25, 0.3) is 11.0 Å². The molecule has 3 atom stereocenters. The standard InChI is InChI=1S/C24H34BN3O4/c1-23(2,3)31-22(29)28-19-9-7-6-8-15(19)12-20(28)21-26-17-11-10-16(13-18(17)27-21)25-30-14-24(4,5)32-25/h10-11,13,15,19-20H,6-9,12,14H2,1-5H3,(H,26,27)/t15-,19-,20-/m0/s1. The quantitative estimate of drug-likeness (QED) is 0.706. The Labute approximate surface area is 190 Å². The van der Waals surface area contributed by atoms with Gasteiger partial charge >= 0.3 is 13.2 Å². The molecule has 0 bridgehead atoms. The molecule has 5 rings (SSSR count). The van der Waals surface area contributed by atoms with E-state index in [2.05, 4.69) is 11.1 Å². The van der Waals surface area contributed by atoms with Crippen molar-refractivity contribution in [3.8, 4) is 0 Å². The molecule has 8 heteroatoms. The van der Waals surface area contributed by atoms with Gasteiger partial charge in [0, 0.05) is 6.04 Å². The number of benzene rings is 1. The average Bonchev–Trinajstić information content (AvgIpc) is 3.39. The van der Waals surface area contributed by atoms with Crippen LogP contribution in [0.15, 0.2) is 18.2 Å². The lowest BCUT2D eigenvalue weighted by Gasteiger charge is -2.34. The highest BCUT2D eigenvalue weighted by atomic mass is 16.7. The number of rotatable bonds is 2. The fourth-order valence-electron chi connectivity index (χ4n) is 5.43. The maximum Gasteiger partial charge on any atom is 0.494 e. The maximum absolute atomic E-state index is 13.2. The summed E-state index contributed by atoms with van der Waals surface area (Å²) in [6, 6.07) is 6.21. The summed E-state index contributed by atoms with van der Waals surface area (Å²) in [6.45, 7) is 10.4. The van der Waals surface area contributed by atoms with E-state index in [1.165, 1.54) is 6.42 Å². The molecule has 1 aromatic heterocycles. The van der Waals surface area contributed by atoms with Crippen molar-refractivity contribution in [3.05, 3.63) is 24.0 Å². The SMILES string of the molecule is CC(C)(C)OC(=O)N1[C@H](c2nc3ccc(B4OCC(C)(C)O4)cc3[nH]2)C[C@@H]2CCCC[C@@H]21. The number of likely N-dealkylation sites (tertiary alicyclic amines) is 1. The topological polar surface area (TPSA) is 76.7 Å². The number of ether oxygens (including phenoxy) is 1. The number of carbonyl (C=O) groups is 1.